The van der Waals surface area contributed by atoms with Gasteiger partial charge in [0.15, 0.2) is 5.78 Å². The van der Waals surface area contributed by atoms with E-state index in [2.05, 4.69) is 15.2 Å². The van der Waals surface area contributed by atoms with Gasteiger partial charge in [-0.15, -0.1) is 0 Å². The molecule has 9 heteroatoms. The summed E-state index contributed by atoms with van der Waals surface area (Å²) in [5, 5.41) is 2.96. The molecule has 3 amide bonds. The monoisotopic (exact) mass is 517 g/mol. The maximum absolute atomic E-state index is 13.1. The first kappa shape index (κ1) is 25.9. The summed E-state index contributed by atoms with van der Waals surface area (Å²) < 4.78 is 0. The normalized spacial score (nSPS) is 21.5. The van der Waals surface area contributed by atoms with Gasteiger partial charge in [0, 0.05) is 50.0 Å². The molecule has 0 saturated carbocycles. The molecule has 3 saturated heterocycles. The SMILES string of the molecule is CC(CCNC(=O)c1ccc(N2CCCC2)cc1)CC(=O)N1CCC2C1C(=O)CN2C(=O)c1ccccn1. The predicted molar refractivity (Wildman–Crippen MR) is 143 cm³/mol. The molecule has 3 aliphatic rings. The van der Waals surface area contributed by atoms with Crippen LogP contribution in [0, 0.1) is 5.92 Å². The number of benzene rings is 1. The zero-order valence-corrected chi connectivity index (χ0v) is 21.8. The van der Waals surface area contributed by atoms with Crippen molar-refractivity contribution in [3.8, 4) is 0 Å². The number of carbonyl (C=O) groups is 4. The third-order valence-corrected chi connectivity index (χ3v) is 7.93. The molecule has 3 aliphatic heterocycles. The van der Waals surface area contributed by atoms with Crippen LogP contribution in [-0.4, -0.2) is 83.1 Å². The van der Waals surface area contributed by atoms with Gasteiger partial charge in [-0.25, -0.2) is 0 Å². The van der Waals surface area contributed by atoms with Crippen LogP contribution in [0.25, 0.3) is 0 Å². The van der Waals surface area contributed by atoms with Gasteiger partial charge in [-0.1, -0.05) is 13.0 Å². The fraction of sp³-hybridized carbons (Fsp3) is 0.483. The van der Waals surface area contributed by atoms with Crippen molar-refractivity contribution < 1.29 is 19.2 Å². The molecule has 2 aromatic rings. The molecule has 1 aromatic carbocycles. The van der Waals surface area contributed by atoms with Crippen LogP contribution in [0.4, 0.5) is 5.69 Å². The molecule has 9 nitrogen and oxygen atoms in total. The number of ketones is 1. The number of amides is 3. The summed E-state index contributed by atoms with van der Waals surface area (Å²) in [6.45, 7) is 5.06. The number of pyridine rings is 1. The van der Waals surface area contributed by atoms with Crippen molar-refractivity contribution >= 4 is 29.2 Å². The summed E-state index contributed by atoms with van der Waals surface area (Å²) in [5.74, 6) is -0.513. The highest BCUT2D eigenvalue weighted by molar-refractivity contribution is 6.01. The Labute approximate surface area is 223 Å². The van der Waals surface area contributed by atoms with Gasteiger partial charge < -0.3 is 20.0 Å². The lowest BCUT2D eigenvalue weighted by molar-refractivity contribution is -0.137. The summed E-state index contributed by atoms with van der Waals surface area (Å²) in [6, 6.07) is 12.0. The van der Waals surface area contributed by atoms with Crippen LogP contribution in [0.15, 0.2) is 48.7 Å². The fourth-order valence-electron chi connectivity index (χ4n) is 5.86. The Hall–Kier alpha value is -3.75. The van der Waals surface area contributed by atoms with Crippen LogP contribution in [0.2, 0.25) is 0 Å². The molecule has 0 bridgehead atoms. The number of anilines is 1. The molecule has 3 fully saturated rings. The van der Waals surface area contributed by atoms with E-state index in [4.69, 9.17) is 0 Å². The van der Waals surface area contributed by atoms with Crippen LogP contribution < -0.4 is 10.2 Å². The lowest BCUT2D eigenvalue weighted by atomic mass is 10.0. The third-order valence-electron chi connectivity index (χ3n) is 7.93. The molecule has 1 N–H and O–H groups in total. The van der Waals surface area contributed by atoms with Gasteiger partial charge in [-0.3, -0.25) is 24.2 Å². The van der Waals surface area contributed by atoms with Crippen LogP contribution in [0.3, 0.4) is 0 Å². The summed E-state index contributed by atoms with van der Waals surface area (Å²) in [4.78, 5) is 61.1. The first-order chi connectivity index (χ1) is 18.4. The maximum Gasteiger partial charge on any atom is 0.273 e. The molecule has 3 atom stereocenters. The second-order valence-corrected chi connectivity index (χ2v) is 10.6. The molecule has 4 heterocycles. The van der Waals surface area contributed by atoms with Crippen LogP contribution in [0.5, 0.6) is 0 Å². The van der Waals surface area contributed by atoms with Gasteiger partial charge >= 0.3 is 0 Å². The largest absolute Gasteiger partial charge is 0.372 e. The zero-order valence-electron chi connectivity index (χ0n) is 21.8. The molecule has 1 aromatic heterocycles. The predicted octanol–water partition coefficient (Wildman–Crippen LogP) is 2.52. The van der Waals surface area contributed by atoms with E-state index in [0.29, 0.717) is 43.6 Å². The van der Waals surface area contributed by atoms with Crippen LogP contribution >= 0.6 is 0 Å². The lowest BCUT2D eigenvalue weighted by Crippen LogP contribution is -2.44. The van der Waals surface area contributed by atoms with E-state index in [9.17, 15) is 19.2 Å². The average molecular weight is 518 g/mol. The van der Waals surface area contributed by atoms with Crippen molar-refractivity contribution in [1.82, 2.24) is 20.1 Å². The van der Waals surface area contributed by atoms with E-state index in [1.54, 1.807) is 34.2 Å². The third kappa shape index (κ3) is 5.42. The van der Waals surface area contributed by atoms with E-state index in [0.717, 1.165) is 18.8 Å². The molecule has 3 unspecified atom stereocenters. The highest BCUT2D eigenvalue weighted by Crippen LogP contribution is 2.31. The smallest absolute Gasteiger partial charge is 0.273 e. The van der Waals surface area contributed by atoms with Gasteiger partial charge in [0.25, 0.3) is 11.8 Å². The number of Topliss-reactive ketones (excluding diaryl/α,β-unsaturated/α-hetero) is 1. The van der Waals surface area contributed by atoms with Gasteiger partial charge in [-0.2, -0.15) is 0 Å². The topological polar surface area (TPSA) is 103 Å². The Balaban J connectivity index is 1.08. The zero-order chi connectivity index (χ0) is 26.6. The second-order valence-electron chi connectivity index (χ2n) is 10.6. The van der Waals surface area contributed by atoms with Crippen molar-refractivity contribution in [1.29, 1.82) is 0 Å². The Morgan fingerprint density at radius 3 is 2.50 bits per heavy atom. The number of nitrogens with one attached hydrogen (secondary N) is 1. The van der Waals surface area contributed by atoms with Crippen molar-refractivity contribution in [2.45, 2.75) is 51.1 Å². The molecule has 0 aliphatic carbocycles. The highest BCUT2D eigenvalue weighted by Gasteiger charge is 2.51. The van der Waals surface area contributed by atoms with Crippen molar-refractivity contribution in [3.63, 3.8) is 0 Å². The lowest BCUT2D eigenvalue weighted by Gasteiger charge is -2.25. The van der Waals surface area contributed by atoms with Crippen LogP contribution in [0.1, 0.15) is 59.9 Å². The van der Waals surface area contributed by atoms with Crippen molar-refractivity contribution in [2.75, 3.05) is 37.6 Å². The number of aromatic nitrogens is 1. The number of likely N-dealkylation sites (tertiary alicyclic amines) is 2. The van der Waals surface area contributed by atoms with E-state index < -0.39 is 6.04 Å². The highest BCUT2D eigenvalue weighted by atomic mass is 16.2. The van der Waals surface area contributed by atoms with Gasteiger partial charge in [-0.05, 0) is 68.0 Å². The number of fused-ring (bicyclic) bond motifs is 1. The molecule has 200 valence electrons. The summed E-state index contributed by atoms with van der Waals surface area (Å²) >= 11 is 0. The molecular weight excluding hydrogens is 482 g/mol. The van der Waals surface area contributed by atoms with Crippen molar-refractivity contribution in [3.05, 3.63) is 59.9 Å². The molecular formula is C29H35N5O4. The van der Waals surface area contributed by atoms with Crippen LogP contribution in [-0.2, 0) is 9.59 Å². The number of carbonyl (C=O) groups excluding carboxylic acids is 4. The second kappa shape index (κ2) is 11.3. The average Bonchev–Trinajstić information content (AvgIpc) is 3.68. The van der Waals surface area contributed by atoms with E-state index in [1.165, 1.54) is 12.8 Å². The standard InChI is InChI=1S/C29H35N5O4/c1-20(11-14-31-28(37)21-7-9-22(10-8-21)32-15-4-5-16-32)18-26(36)33-17-12-24-27(33)25(35)19-34(24)29(38)23-6-2-3-13-30-23/h2-3,6-10,13,20,24,27H,4-5,11-12,14-19H2,1H3,(H,31,37). The number of rotatable bonds is 8. The maximum atomic E-state index is 13.1. The minimum absolute atomic E-state index is 0.00904. The first-order valence-electron chi connectivity index (χ1n) is 13.6. The Bertz CT molecular complexity index is 1180. The van der Waals surface area contributed by atoms with E-state index in [-0.39, 0.29) is 42.0 Å². The van der Waals surface area contributed by atoms with Crippen molar-refractivity contribution in [2.24, 2.45) is 5.92 Å². The Kier molecular flexibility index (Phi) is 7.72. The Morgan fingerprint density at radius 1 is 1.03 bits per heavy atom. The molecule has 38 heavy (non-hydrogen) atoms. The summed E-state index contributed by atoms with van der Waals surface area (Å²) in [7, 11) is 0. The van der Waals surface area contributed by atoms with E-state index >= 15 is 0 Å². The van der Waals surface area contributed by atoms with E-state index in [1.807, 2.05) is 31.2 Å². The van der Waals surface area contributed by atoms with Gasteiger partial charge in [0.1, 0.15) is 11.7 Å². The summed E-state index contributed by atoms with van der Waals surface area (Å²) in [6.07, 6.45) is 5.52. The Morgan fingerprint density at radius 2 is 1.79 bits per heavy atom. The van der Waals surface area contributed by atoms with Gasteiger partial charge in [0.2, 0.25) is 5.91 Å². The number of hydrogen-bond acceptors (Lipinski definition) is 6. The summed E-state index contributed by atoms with van der Waals surface area (Å²) in [5.41, 5.74) is 2.09. The minimum Gasteiger partial charge on any atom is -0.372 e. The number of hydrogen-bond donors (Lipinski definition) is 1. The van der Waals surface area contributed by atoms with Gasteiger partial charge in [0.05, 0.1) is 12.6 Å². The molecule has 0 spiro atoms. The minimum atomic E-state index is -0.578. The molecule has 0 radical (unpaired) electrons. The molecule has 5 rings (SSSR count). The quantitative estimate of drug-likeness (QED) is 0.577. The first-order valence-corrected chi connectivity index (χ1v) is 13.6. The fourth-order valence-corrected chi connectivity index (χ4v) is 5.86. The number of nitrogens with zero attached hydrogens (tertiary/aromatic N) is 4.